The molecule has 0 aromatic carbocycles. The molecule has 1 saturated heterocycles. The Labute approximate surface area is 72.4 Å². The monoisotopic (exact) mass is 198 g/mol. The SMILES string of the molecule is NC(=O)N1CC[C@H](OC(F)(F)F)C1. The number of urea groups is 1. The van der Waals surface area contributed by atoms with Crippen LogP contribution in [0.25, 0.3) is 0 Å². The molecule has 0 aliphatic carbocycles. The zero-order chi connectivity index (χ0) is 10.1. The van der Waals surface area contributed by atoms with Crippen molar-refractivity contribution in [3.63, 3.8) is 0 Å². The molecule has 0 aromatic rings. The lowest BCUT2D eigenvalue weighted by atomic mass is 10.3. The normalized spacial score (nSPS) is 23.6. The summed E-state index contributed by atoms with van der Waals surface area (Å²) in [6.07, 6.45) is -5.45. The van der Waals surface area contributed by atoms with Gasteiger partial charge in [-0.15, -0.1) is 13.2 Å². The van der Waals surface area contributed by atoms with Gasteiger partial charge in [0.25, 0.3) is 0 Å². The summed E-state index contributed by atoms with van der Waals surface area (Å²) in [5.74, 6) is 0. The van der Waals surface area contributed by atoms with Gasteiger partial charge in [0.2, 0.25) is 0 Å². The lowest BCUT2D eigenvalue weighted by Gasteiger charge is -2.15. The molecule has 0 bridgehead atoms. The number of rotatable bonds is 1. The molecule has 1 rings (SSSR count). The number of likely N-dealkylation sites (tertiary alicyclic amines) is 1. The number of ether oxygens (including phenoxy) is 1. The van der Waals surface area contributed by atoms with Gasteiger partial charge >= 0.3 is 12.4 Å². The van der Waals surface area contributed by atoms with Gasteiger partial charge in [0.15, 0.2) is 0 Å². The van der Waals surface area contributed by atoms with E-state index in [9.17, 15) is 18.0 Å². The zero-order valence-corrected chi connectivity index (χ0v) is 6.67. The number of nitrogens with zero attached hydrogens (tertiary/aromatic N) is 1. The number of halogens is 3. The van der Waals surface area contributed by atoms with Gasteiger partial charge in [0, 0.05) is 13.1 Å². The third-order valence-corrected chi connectivity index (χ3v) is 1.76. The Bertz CT molecular complexity index is 207. The molecule has 2 N–H and O–H groups in total. The fourth-order valence-electron chi connectivity index (χ4n) is 1.21. The molecule has 0 unspecified atom stereocenters. The van der Waals surface area contributed by atoms with E-state index in [4.69, 9.17) is 5.73 Å². The Morgan fingerprint density at radius 3 is 2.54 bits per heavy atom. The van der Waals surface area contributed by atoms with Crippen LogP contribution in [0, 0.1) is 0 Å². The summed E-state index contributed by atoms with van der Waals surface area (Å²) in [5, 5.41) is 0. The average molecular weight is 198 g/mol. The van der Waals surface area contributed by atoms with Gasteiger partial charge in [-0.1, -0.05) is 0 Å². The number of primary amides is 1. The minimum atomic E-state index is -4.64. The van der Waals surface area contributed by atoms with Crippen molar-refractivity contribution in [2.24, 2.45) is 5.73 Å². The predicted octanol–water partition coefficient (Wildman–Crippen LogP) is 0.676. The highest BCUT2D eigenvalue weighted by atomic mass is 19.4. The molecule has 7 heteroatoms. The fraction of sp³-hybridized carbons (Fsp3) is 0.833. The minimum absolute atomic E-state index is 0.0884. The van der Waals surface area contributed by atoms with Gasteiger partial charge in [-0.3, -0.25) is 4.74 Å². The second-order valence-corrected chi connectivity index (χ2v) is 2.76. The van der Waals surface area contributed by atoms with Crippen molar-refractivity contribution in [2.45, 2.75) is 18.9 Å². The Morgan fingerprint density at radius 2 is 2.15 bits per heavy atom. The summed E-state index contributed by atoms with van der Waals surface area (Å²) in [6, 6.07) is -0.715. The van der Waals surface area contributed by atoms with E-state index < -0.39 is 18.5 Å². The van der Waals surface area contributed by atoms with E-state index in [0.717, 1.165) is 4.90 Å². The van der Waals surface area contributed by atoms with Crippen LogP contribution >= 0.6 is 0 Å². The first-order valence-electron chi connectivity index (χ1n) is 3.67. The van der Waals surface area contributed by atoms with Crippen molar-refractivity contribution in [3.8, 4) is 0 Å². The van der Waals surface area contributed by atoms with E-state index in [1.165, 1.54) is 0 Å². The number of hydrogen-bond donors (Lipinski definition) is 1. The maximum Gasteiger partial charge on any atom is 0.522 e. The van der Waals surface area contributed by atoms with E-state index >= 15 is 0 Å². The van der Waals surface area contributed by atoms with E-state index in [0.29, 0.717) is 0 Å². The molecule has 13 heavy (non-hydrogen) atoms. The van der Waals surface area contributed by atoms with Gasteiger partial charge in [0.1, 0.15) is 0 Å². The van der Waals surface area contributed by atoms with Crippen molar-refractivity contribution in [1.82, 2.24) is 4.90 Å². The van der Waals surface area contributed by atoms with Crippen molar-refractivity contribution < 1.29 is 22.7 Å². The van der Waals surface area contributed by atoms with Gasteiger partial charge in [-0.05, 0) is 6.42 Å². The molecule has 0 spiro atoms. The van der Waals surface area contributed by atoms with Crippen LogP contribution in [0.4, 0.5) is 18.0 Å². The molecule has 4 nitrogen and oxygen atoms in total. The van der Waals surface area contributed by atoms with Crippen LogP contribution in [0.3, 0.4) is 0 Å². The first kappa shape index (κ1) is 10.1. The molecule has 0 aromatic heterocycles. The van der Waals surface area contributed by atoms with Crippen molar-refractivity contribution >= 4 is 6.03 Å². The summed E-state index contributed by atoms with van der Waals surface area (Å²) in [6.45, 7) is 0.130. The van der Waals surface area contributed by atoms with Crippen LogP contribution in [0.5, 0.6) is 0 Å². The smallest absolute Gasteiger partial charge is 0.351 e. The molecule has 76 valence electrons. The van der Waals surface area contributed by atoms with Gasteiger partial charge in [-0.25, -0.2) is 4.79 Å². The molecular weight excluding hydrogens is 189 g/mol. The third-order valence-electron chi connectivity index (χ3n) is 1.76. The quantitative estimate of drug-likeness (QED) is 0.673. The Morgan fingerprint density at radius 1 is 1.54 bits per heavy atom. The lowest BCUT2D eigenvalue weighted by molar-refractivity contribution is -0.340. The van der Waals surface area contributed by atoms with Crippen molar-refractivity contribution in [1.29, 1.82) is 0 Å². The van der Waals surface area contributed by atoms with Crippen molar-refractivity contribution in [2.75, 3.05) is 13.1 Å². The third kappa shape index (κ3) is 3.10. The van der Waals surface area contributed by atoms with Crippen LogP contribution < -0.4 is 5.73 Å². The highest BCUT2D eigenvalue weighted by molar-refractivity contribution is 5.72. The van der Waals surface area contributed by atoms with Gasteiger partial charge in [0.05, 0.1) is 6.10 Å². The Balaban J connectivity index is 2.38. The second-order valence-electron chi connectivity index (χ2n) is 2.76. The number of carbonyl (C=O) groups is 1. The standard InChI is InChI=1S/C6H9F3N2O2/c7-6(8,9)13-4-1-2-11(3-4)5(10)12/h4H,1-3H2,(H2,10,12)/t4-/m0/s1. The molecule has 2 amide bonds. The number of carbonyl (C=O) groups excluding carboxylic acids is 1. The summed E-state index contributed by atoms with van der Waals surface area (Å²) in [4.78, 5) is 11.6. The average Bonchev–Trinajstić information content (AvgIpc) is 2.31. The van der Waals surface area contributed by atoms with Gasteiger partial charge < -0.3 is 10.6 Å². The first-order valence-corrected chi connectivity index (χ1v) is 3.67. The number of amides is 2. The number of hydrogen-bond acceptors (Lipinski definition) is 2. The maximum absolute atomic E-state index is 11.7. The highest BCUT2D eigenvalue weighted by Crippen LogP contribution is 2.23. The van der Waals surface area contributed by atoms with Crippen molar-refractivity contribution in [3.05, 3.63) is 0 Å². The first-order chi connectivity index (χ1) is 5.88. The number of nitrogens with two attached hydrogens (primary N) is 1. The summed E-state index contributed by atoms with van der Waals surface area (Å²) in [5.41, 5.74) is 4.87. The fourth-order valence-corrected chi connectivity index (χ4v) is 1.21. The van der Waals surface area contributed by atoms with E-state index in [1.807, 2.05) is 0 Å². The molecule has 1 atom stereocenters. The lowest BCUT2D eigenvalue weighted by Crippen LogP contribution is -2.35. The largest absolute Gasteiger partial charge is 0.522 e. The summed E-state index contributed by atoms with van der Waals surface area (Å²) < 4.78 is 38.8. The highest BCUT2D eigenvalue weighted by Gasteiger charge is 2.37. The van der Waals surface area contributed by atoms with Crippen LogP contribution in [0.1, 0.15) is 6.42 Å². The van der Waals surface area contributed by atoms with E-state index in [-0.39, 0.29) is 19.5 Å². The van der Waals surface area contributed by atoms with E-state index in [2.05, 4.69) is 4.74 Å². The zero-order valence-electron chi connectivity index (χ0n) is 6.67. The Kier molecular flexibility index (Phi) is 2.65. The number of alkyl halides is 3. The molecule has 0 radical (unpaired) electrons. The van der Waals surface area contributed by atoms with Crippen LogP contribution in [0.15, 0.2) is 0 Å². The topological polar surface area (TPSA) is 55.6 Å². The Hall–Kier alpha value is -0.980. The molecule has 1 aliphatic rings. The molecule has 1 aliphatic heterocycles. The van der Waals surface area contributed by atoms with Crippen LogP contribution in [-0.2, 0) is 4.74 Å². The van der Waals surface area contributed by atoms with Crippen LogP contribution in [-0.4, -0.2) is 36.5 Å². The van der Waals surface area contributed by atoms with E-state index in [1.54, 1.807) is 0 Å². The molecular formula is C6H9F3N2O2. The second kappa shape index (κ2) is 3.41. The van der Waals surface area contributed by atoms with Gasteiger partial charge in [-0.2, -0.15) is 0 Å². The molecule has 0 saturated carbocycles. The molecule has 1 fully saturated rings. The predicted molar refractivity (Wildman–Crippen MR) is 36.7 cm³/mol. The molecule has 1 heterocycles. The maximum atomic E-state index is 11.7. The summed E-state index contributed by atoms with van der Waals surface area (Å²) >= 11 is 0. The van der Waals surface area contributed by atoms with Crippen LogP contribution in [0.2, 0.25) is 0 Å². The minimum Gasteiger partial charge on any atom is -0.351 e. The summed E-state index contributed by atoms with van der Waals surface area (Å²) in [7, 11) is 0.